The van der Waals surface area contributed by atoms with E-state index in [4.69, 9.17) is 4.74 Å². The molecule has 4 nitrogen and oxygen atoms in total. The summed E-state index contributed by atoms with van der Waals surface area (Å²) in [4.78, 5) is -1.95. The number of hydrogen-bond donors (Lipinski definition) is 1. The average Bonchev–Trinajstić information content (AvgIpc) is 2.51. The highest BCUT2D eigenvalue weighted by molar-refractivity contribution is 7.92. The van der Waals surface area contributed by atoms with Gasteiger partial charge < -0.3 is 4.74 Å². The van der Waals surface area contributed by atoms with Crippen LogP contribution >= 0.6 is 0 Å². The Kier molecular flexibility index (Phi) is 5.18. The van der Waals surface area contributed by atoms with Crippen molar-refractivity contribution in [2.75, 3.05) is 4.72 Å². The van der Waals surface area contributed by atoms with Crippen LogP contribution in [-0.2, 0) is 10.0 Å². The topological polar surface area (TPSA) is 55.4 Å². The smallest absolute Gasteiger partial charge is 0.267 e. The summed E-state index contributed by atoms with van der Waals surface area (Å²) in [6.45, 7) is 5.35. The molecule has 1 N–H and O–H groups in total. The van der Waals surface area contributed by atoms with Crippen molar-refractivity contribution in [3.8, 4) is 5.75 Å². The lowest BCUT2D eigenvalue weighted by Gasteiger charge is -2.21. The highest BCUT2D eigenvalue weighted by Gasteiger charge is 2.33. The summed E-state index contributed by atoms with van der Waals surface area (Å²) in [5.41, 5.74) is -0.675. The first-order valence-electron chi connectivity index (χ1n) is 7.17. The van der Waals surface area contributed by atoms with Crippen LogP contribution in [0.1, 0.15) is 20.8 Å². The van der Waals surface area contributed by atoms with E-state index < -0.39 is 49.6 Å². The van der Waals surface area contributed by atoms with Gasteiger partial charge in [-0.1, -0.05) is 0 Å². The maximum atomic E-state index is 13.7. The van der Waals surface area contributed by atoms with Crippen LogP contribution in [0, 0.1) is 29.1 Å². The molecule has 0 aliphatic heterocycles. The van der Waals surface area contributed by atoms with Gasteiger partial charge in [-0.05, 0) is 45.0 Å². The minimum absolute atomic E-state index is 0.157. The maximum Gasteiger partial charge on any atom is 0.267 e. The minimum atomic E-state index is -5.07. The Morgan fingerprint density at radius 3 is 1.65 bits per heavy atom. The van der Waals surface area contributed by atoms with Crippen LogP contribution in [0.15, 0.2) is 29.2 Å². The Morgan fingerprint density at radius 1 is 0.808 bits per heavy atom. The van der Waals surface area contributed by atoms with Crippen molar-refractivity contribution in [2.45, 2.75) is 31.3 Å². The predicted octanol–water partition coefficient (Wildman–Crippen LogP) is 4.36. The zero-order chi connectivity index (χ0) is 19.9. The van der Waals surface area contributed by atoms with E-state index in [1.807, 2.05) is 0 Å². The number of sulfonamides is 1. The van der Waals surface area contributed by atoms with Crippen molar-refractivity contribution in [2.24, 2.45) is 0 Å². The van der Waals surface area contributed by atoms with Crippen molar-refractivity contribution in [1.29, 1.82) is 0 Å². The van der Waals surface area contributed by atoms with Gasteiger partial charge in [0.2, 0.25) is 5.82 Å². The zero-order valence-corrected chi connectivity index (χ0v) is 14.6. The van der Waals surface area contributed by atoms with E-state index >= 15 is 0 Å². The molecule has 0 spiro atoms. The molecule has 0 heterocycles. The van der Waals surface area contributed by atoms with Gasteiger partial charge in [-0.2, -0.15) is 0 Å². The van der Waals surface area contributed by atoms with Crippen LogP contribution in [0.4, 0.5) is 27.6 Å². The third-order valence-corrected chi connectivity index (χ3v) is 4.37. The third kappa shape index (κ3) is 4.06. The van der Waals surface area contributed by atoms with E-state index in [0.29, 0.717) is 5.75 Å². The molecule has 142 valence electrons. The van der Waals surface area contributed by atoms with Crippen LogP contribution in [0.25, 0.3) is 0 Å². The number of ether oxygens (including phenoxy) is 1. The normalized spacial score (nSPS) is 12.2. The van der Waals surface area contributed by atoms with Crippen LogP contribution in [-0.4, -0.2) is 14.0 Å². The van der Waals surface area contributed by atoms with E-state index in [9.17, 15) is 30.4 Å². The van der Waals surface area contributed by atoms with Gasteiger partial charge in [0, 0.05) is 5.69 Å². The van der Waals surface area contributed by atoms with Gasteiger partial charge in [0.15, 0.2) is 28.2 Å². The molecule has 0 aromatic heterocycles. The first kappa shape index (κ1) is 20.0. The van der Waals surface area contributed by atoms with Gasteiger partial charge in [-0.25, -0.2) is 30.4 Å². The largest absolute Gasteiger partial charge is 0.488 e. The van der Waals surface area contributed by atoms with Crippen LogP contribution in [0.2, 0.25) is 0 Å². The van der Waals surface area contributed by atoms with Gasteiger partial charge >= 0.3 is 0 Å². The van der Waals surface area contributed by atoms with E-state index in [-0.39, 0.29) is 5.69 Å². The fourth-order valence-corrected chi connectivity index (χ4v) is 3.17. The lowest BCUT2D eigenvalue weighted by molar-refractivity contribution is 0.131. The number of benzene rings is 2. The van der Waals surface area contributed by atoms with E-state index in [2.05, 4.69) is 0 Å². The Bertz CT molecular complexity index is 909. The molecule has 10 heteroatoms. The summed E-state index contributed by atoms with van der Waals surface area (Å²) >= 11 is 0. The highest BCUT2D eigenvalue weighted by atomic mass is 32.2. The Labute approximate surface area is 146 Å². The highest BCUT2D eigenvalue weighted by Crippen LogP contribution is 2.29. The minimum Gasteiger partial charge on any atom is -0.488 e. The fourth-order valence-electron chi connectivity index (χ4n) is 1.97. The molecule has 26 heavy (non-hydrogen) atoms. The number of nitrogens with one attached hydrogen (secondary N) is 1. The predicted molar refractivity (Wildman–Crippen MR) is 83.9 cm³/mol. The second-order valence-electron chi connectivity index (χ2n) is 6.24. The van der Waals surface area contributed by atoms with E-state index in [1.54, 1.807) is 25.5 Å². The number of halogens is 5. The Hall–Kier alpha value is -2.36. The first-order valence-corrected chi connectivity index (χ1v) is 8.65. The zero-order valence-electron chi connectivity index (χ0n) is 13.8. The molecule has 2 rings (SSSR count). The summed E-state index contributed by atoms with van der Waals surface area (Å²) in [5, 5.41) is 0. The van der Waals surface area contributed by atoms with Crippen LogP contribution in [0.5, 0.6) is 5.75 Å². The SMILES string of the molecule is CC(C)(C)Oc1ccc(NS(=O)(=O)c2c(F)c(F)c(F)c(F)c2F)cc1. The van der Waals surface area contributed by atoms with E-state index in [0.717, 1.165) is 0 Å². The Balaban J connectivity index is 2.39. The molecule has 2 aromatic rings. The fraction of sp³-hybridized carbons (Fsp3) is 0.250. The molecule has 0 atom stereocenters. The summed E-state index contributed by atoms with van der Waals surface area (Å²) in [5.74, 6) is -11.6. The second kappa shape index (κ2) is 6.75. The van der Waals surface area contributed by atoms with Gasteiger partial charge in [0.1, 0.15) is 11.4 Å². The maximum absolute atomic E-state index is 13.7. The summed E-state index contributed by atoms with van der Waals surface area (Å²) in [6, 6.07) is 5.18. The number of hydrogen-bond acceptors (Lipinski definition) is 3. The molecule has 0 bridgehead atoms. The van der Waals surface area contributed by atoms with Crippen molar-refractivity contribution in [3.05, 3.63) is 53.4 Å². The third-order valence-electron chi connectivity index (χ3n) is 2.97. The standard InChI is InChI=1S/C16H14F5NO3S/c1-16(2,3)25-9-6-4-8(5-7-9)22-26(23,24)15-13(20)11(18)10(17)12(19)14(15)21/h4-7,22H,1-3H3. The molecule has 0 unspecified atom stereocenters. The van der Waals surface area contributed by atoms with Crippen LogP contribution in [0.3, 0.4) is 0 Å². The summed E-state index contributed by atoms with van der Waals surface area (Å²) in [7, 11) is -5.07. The quantitative estimate of drug-likeness (QED) is 0.476. The summed E-state index contributed by atoms with van der Waals surface area (Å²) in [6.07, 6.45) is 0. The van der Waals surface area contributed by atoms with Crippen molar-refractivity contribution in [1.82, 2.24) is 0 Å². The Morgan fingerprint density at radius 2 is 1.23 bits per heavy atom. The molecule has 0 saturated carbocycles. The molecule has 0 amide bonds. The van der Waals surface area contributed by atoms with Gasteiger partial charge in [0.25, 0.3) is 10.0 Å². The molecular formula is C16H14F5NO3S. The number of anilines is 1. The molecule has 2 aromatic carbocycles. The first-order chi connectivity index (χ1) is 11.8. The summed E-state index contributed by atoms with van der Waals surface area (Å²) < 4.78 is 98.3. The molecule has 0 aliphatic carbocycles. The van der Waals surface area contributed by atoms with Crippen molar-refractivity contribution in [3.63, 3.8) is 0 Å². The lowest BCUT2D eigenvalue weighted by atomic mass is 10.2. The monoisotopic (exact) mass is 395 g/mol. The molecule has 0 radical (unpaired) electrons. The number of rotatable bonds is 4. The van der Waals surface area contributed by atoms with Gasteiger partial charge in [-0.15, -0.1) is 0 Å². The average molecular weight is 395 g/mol. The van der Waals surface area contributed by atoms with Gasteiger partial charge in [0.05, 0.1) is 0 Å². The molecular weight excluding hydrogens is 381 g/mol. The van der Waals surface area contributed by atoms with E-state index in [1.165, 1.54) is 24.3 Å². The van der Waals surface area contributed by atoms with Crippen molar-refractivity contribution < 1.29 is 35.1 Å². The lowest BCUT2D eigenvalue weighted by Crippen LogP contribution is -2.23. The second-order valence-corrected chi connectivity index (χ2v) is 7.86. The van der Waals surface area contributed by atoms with Crippen LogP contribution < -0.4 is 9.46 Å². The molecule has 0 saturated heterocycles. The van der Waals surface area contributed by atoms with Gasteiger partial charge in [-0.3, -0.25) is 4.72 Å². The molecule has 0 aliphatic rings. The molecule has 0 fully saturated rings. The van der Waals surface area contributed by atoms with Crippen molar-refractivity contribution >= 4 is 15.7 Å².